The maximum absolute atomic E-state index is 10.6. The highest BCUT2D eigenvalue weighted by Gasteiger charge is 2.09. The number of carboxylic acid groups (broad SMARTS) is 1. The van der Waals surface area contributed by atoms with Crippen LogP contribution in [0.3, 0.4) is 0 Å². The van der Waals surface area contributed by atoms with E-state index in [-0.39, 0.29) is 11.3 Å². The van der Waals surface area contributed by atoms with E-state index < -0.39 is 5.97 Å². The van der Waals surface area contributed by atoms with Crippen LogP contribution in [-0.2, 0) is 4.79 Å². The number of benzene rings is 1. The lowest BCUT2D eigenvalue weighted by molar-refractivity contribution is 0.0698. The molecule has 0 aliphatic rings. The Hall–Kier alpha value is -1.55. The van der Waals surface area contributed by atoms with Crippen LogP contribution in [0, 0.1) is 0 Å². The Morgan fingerprint density at radius 3 is 2.77 bits per heavy atom. The minimum absolute atomic E-state index is 0.0206. The summed E-state index contributed by atoms with van der Waals surface area (Å²) >= 11 is 5.59. The third kappa shape index (κ3) is 2.19. The molecule has 1 amide bonds. The monoisotopic (exact) mass is 198 g/mol. The quantitative estimate of drug-likeness (QED) is 0.724. The number of amides is 1. The minimum Gasteiger partial charge on any atom is -0.478 e. The van der Waals surface area contributed by atoms with Crippen LogP contribution in [-0.4, -0.2) is 17.5 Å². The van der Waals surface area contributed by atoms with E-state index in [1.807, 2.05) is 0 Å². The summed E-state index contributed by atoms with van der Waals surface area (Å²) in [6.45, 7) is 0. The van der Waals surface area contributed by atoms with Crippen LogP contribution >= 0.6 is 11.6 Å². The number of carbonyl (C=O) groups excluding carboxylic acids is 1. The number of carbonyl (C=O) groups is 1. The Bertz CT molecular complexity index is 351. The Balaban J connectivity index is 3.17. The smallest absolute Gasteiger partial charge is 0.337 e. The lowest BCUT2D eigenvalue weighted by Gasteiger charge is -2.03. The molecule has 13 heavy (non-hydrogen) atoms. The molecule has 0 saturated carbocycles. The molecule has 0 atom stereocenters. The van der Waals surface area contributed by atoms with Gasteiger partial charge in [-0.15, -0.1) is 0 Å². The Labute approximate surface area is 79.1 Å². The third-order valence-corrected chi connectivity index (χ3v) is 1.63. The topological polar surface area (TPSA) is 66.4 Å². The summed E-state index contributed by atoms with van der Waals surface area (Å²) in [6.07, 6.45) is 1.38. The van der Waals surface area contributed by atoms with Crippen LogP contribution in [0.1, 0.15) is 10.4 Å². The predicted octanol–water partition coefficient (Wildman–Crippen LogP) is 1.52. The van der Waals surface area contributed by atoms with Gasteiger partial charge in [-0.2, -0.15) is 0 Å². The Morgan fingerprint density at radius 2 is 2.23 bits per heavy atom. The second-order valence-corrected chi connectivity index (χ2v) is 2.66. The van der Waals surface area contributed by atoms with Gasteiger partial charge in [-0.3, -0.25) is 4.79 Å². The van der Waals surface area contributed by atoms with Crippen molar-refractivity contribution >= 4 is 29.7 Å². The van der Waals surface area contributed by atoms with E-state index in [1.165, 1.54) is 24.6 Å². The summed E-state index contributed by atoms with van der Waals surface area (Å²) in [7, 11) is 0. The lowest BCUT2D eigenvalue weighted by Crippen LogP contribution is -2.04. The van der Waals surface area contributed by atoms with Crippen molar-refractivity contribution in [2.45, 2.75) is 0 Å². The van der Waals surface area contributed by atoms with Crippen molar-refractivity contribution in [2.24, 2.45) is 0 Å². The summed E-state index contributed by atoms with van der Waals surface area (Å²) in [5, 5.41) is 11.1. The van der Waals surface area contributed by atoms with Gasteiger partial charge in [-0.05, 0) is 18.2 Å². The second kappa shape index (κ2) is 3.91. The van der Waals surface area contributed by atoms with Gasteiger partial charge in [0.25, 0.3) is 0 Å². The Kier molecular flexibility index (Phi) is 2.87. The highest BCUT2D eigenvalue weighted by Crippen LogP contribution is 2.20. The van der Waals surface area contributed by atoms with E-state index in [0.717, 1.165) is 0 Å². The number of rotatable bonds is 3. The van der Waals surface area contributed by atoms with Crippen LogP contribution in [0.25, 0.3) is 0 Å². The van der Waals surface area contributed by atoms with Crippen molar-refractivity contribution in [3.63, 3.8) is 0 Å². The number of nitrogens with one attached hydrogen (secondary N) is 1. The fourth-order valence-electron chi connectivity index (χ4n) is 0.861. The van der Waals surface area contributed by atoms with Crippen LogP contribution in [0.4, 0.5) is 5.69 Å². The van der Waals surface area contributed by atoms with Crippen molar-refractivity contribution in [1.82, 2.24) is 0 Å². The van der Waals surface area contributed by atoms with Gasteiger partial charge < -0.3 is 10.4 Å². The van der Waals surface area contributed by atoms with Gasteiger partial charge in [-0.1, -0.05) is 11.6 Å². The molecule has 1 rings (SSSR count). The first kappa shape index (κ1) is 9.54. The predicted molar refractivity (Wildman–Crippen MR) is 47.7 cm³/mol. The lowest BCUT2D eigenvalue weighted by atomic mass is 10.2. The summed E-state index contributed by atoms with van der Waals surface area (Å²) in [4.78, 5) is 20.6. The van der Waals surface area contributed by atoms with Crippen LogP contribution in [0.15, 0.2) is 18.2 Å². The molecule has 2 N–H and O–H groups in total. The molecule has 0 heterocycles. The molecular formula is C8H5ClNO3. The third-order valence-electron chi connectivity index (χ3n) is 1.40. The Morgan fingerprint density at radius 1 is 1.54 bits per heavy atom. The minimum atomic E-state index is -1.13. The molecule has 0 fully saturated rings. The first-order chi connectivity index (χ1) is 6.15. The molecule has 4 nitrogen and oxygen atoms in total. The molecule has 1 aromatic rings. The second-order valence-electron chi connectivity index (χ2n) is 2.22. The fraction of sp³-hybridized carbons (Fsp3) is 0. The molecule has 0 saturated heterocycles. The average molecular weight is 199 g/mol. The van der Waals surface area contributed by atoms with Crippen molar-refractivity contribution in [2.75, 3.05) is 5.32 Å². The van der Waals surface area contributed by atoms with Gasteiger partial charge in [0.15, 0.2) is 0 Å². The molecular weight excluding hydrogens is 194 g/mol. The van der Waals surface area contributed by atoms with E-state index in [1.54, 1.807) is 0 Å². The first-order valence-corrected chi connectivity index (χ1v) is 3.69. The SMILES string of the molecule is O=[C]Nc1cc(Cl)ccc1C(=O)O. The van der Waals surface area contributed by atoms with E-state index in [0.29, 0.717) is 5.02 Å². The number of carboxylic acids is 1. The van der Waals surface area contributed by atoms with E-state index in [4.69, 9.17) is 16.7 Å². The van der Waals surface area contributed by atoms with Crippen molar-refractivity contribution in [3.8, 4) is 0 Å². The van der Waals surface area contributed by atoms with Crippen molar-refractivity contribution in [1.29, 1.82) is 0 Å². The summed E-state index contributed by atoms with van der Waals surface area (Å²) < 4.78 is 0. The number of hydrogen-bond donors (Lipinski definition) is 2. The normalized spacial score (nSPS) is 9.31. The zero-order chi connectivity index (χ0) is 9.84. The van der Waals surface area contributed by atoms with Gasteiger partial charge >= 0.3 is 12.4 Å². The first-order valence-electron chi connectivity index (χ1n) is 3.31. The van der Waals surface area contributed by atoms with Crippen LogP contribution in [0.5, 0.6) is 0 Å². The van der Waals surface area contributed by atoms with E-state index in [2.05, 4.69) is 5.32 Å². The average Bonchev–Trinajstić information content (AvgIpc) is 2.04. The maximum atomic E-state index is 10.6. The van der Waals surface area contributed by atoms with Gasteiger partial charge in [0, 0.05) is 5.02 Å². The highest BCUT2D eigenvalue weighted by molar-refractivity contribution is 6.31. The molecule has 5 heteroatoms. The number of anilines is 1. The number of hydrogen-bond acceptors (Lipinski definition) is 2. The van der Waals surface area contributed by atoms with Crippen molar-refractivity contribution in [3.05, 3.63) is 28.8 Å². The number of halogens is 1. The molecule has 1 radical (unpaired) electrons. The molecule has 0 aliphatic heterocycles. The van der Waals surface area contributed by atoms with Gasteiger partial charge in [0.05, 0.1) is 11.3 Å². The molecule has 1 aromatic carbocycles. The molecule has 67 valence electrons. The number of aromatic carboxylic acids is 1. The van der Waals surface area contributed by atoms with Gasteiger partial charge in [0.1, 0.15) is 0 Å². The molecule has 0 bridgehead atoms. The standard InChI is InChI=1S/C8H5ClNO3/c9-5-1-2-6(8(12)13)7(3-5)10-4-11/h1-3H,(H,10,11)(H,12,13). The largest absolute Gasteiger partial charge is 0.478 e. The van der Waals surface area contributed by atoms with Crippen LogP contribution < -0.4 is 5.32 Å². The summed E-state index contributed by atoms with van der Waals surface area (Å²) in [6, 6.07) is 4.08. The van der Waals surface area contributed by atoms with Gasteiger partial charge in [-0.25, -0.2) is 4.79 Å². The zero-order valence-electron chi connectivity index (χ0n) is 6.37. The fourth-order valence-corrected chi connectivity index (χ4v) is 1.03. The van der Waals surface area contributed by atoms with E-state index >= 15 is 0 Å². The molecule has 0 spiro atoms. The van der Waals surface area contributed by atoms with Crippen molar-refractivity contribution < 1.29 is 14.7 Å². The summed E-state index contributed by atoms with van der Waals surface area (Å²) in [5.74, 6) is -1.13. The van der Waals surface area contributed by atoms with Crippen LogP contribution in [0.2, 0.25) is 5.02 Å². The van der Waals surface area contributed by atoms with Gasteiger partial charge in [0.2, 0.25) is 0 Å². The molecule has 0 aromatic heterocycles. The van der Waals surface area contributed by atoms with E-state index in [9.17, 15) is 9.59 Å². The maximum Gasteiger partial charge on any atom is 0.337 e. The molecule has 0 aliphatic carbocycles. The highest BCUT2D eigenvalue weighted by atomic mass is 35.5. The zero-order valence-corrected chi connectivity index (χ0v) is 7.13. The molecule has 0 unspecified atom stereocenters. The summed E-state index contributed by atoms with van der Waals surface area (Å²) in [5.41, 5.74) is 0.114.